The molecule has 0 aliphatic carbocycles. The van der Waals surface area contributed by atoms with Crippen LogP contribution in [0.3, 0.4) is 0 Å². The van der Waals surface area contributed by atoms with E-state index in [2.05, 4.69) is 5.32 Å². The summed E-state index contributed by atoms with van der Waals surface area (Å²) in [5.41, 5.74) is 7.85. The number of phenolic OH excluding ortho intramolecular Hbond substituents is 1. The minimum absolute atomic E-state index is 0.0869. The number of amides is 4. The van der Waals surface area contributed by atoms with Crippen molar-refractivity contribution in [3.63, 3.8) is 0 Å². The summed E-state index contributed by atoms with van der Waals surface area (Å²) in [5, 5.41) is 20.1. The van der Waals surface area contributed by atoms with Gasteiger partial charge in [-0.15, -0.1) is 0 Å². The summed E-state index contributed by atoms with van der Waals surface area (Å²) in [6.45, 7) is -0.625. The first kappa shape index (κ1) is 18.4. The molecule has 134 valence electrons. The van der Waals surface area contributed by atoms with E-state index in [0.29, 0.717) is 4.90 Å². The van der Waals surface area contributed by atoms with Gasteiger partial charge in [0, 0.05) is 0 Å². The van der Waals surface area contributed by atoms with Crippen LogP contribution in [0.4, 0.5) is 0 Å². The highest BCUT2D eigenvalue weighted by Gasteiger charge is 2.40. The summed E-state index contributed by atoms with van der Waals surface area (Å²) in [6, 6.07) is 4.09. The van der Waals surface area contributed by atoms with Crippen molar-refractivity contribution >= 4 is 23.6 Å². The predicted octanol–water partition coefficient (Wildman–Crippen LogP) is -1.99. The molecule has 2 rings (SSSR count). The smallest absolute Gasteiger partial charge is 0.263 e. The fraction of sp³-hybridized carbons (Fsp3) is 0.333. The Morgan fingerprint density at radius 1 is 1.28 bits per heavy atom. The summed E-state index contributed by atoms with van der Waals surface area (Å²) in [6.07, 6.45) is -0.104. The van der Waals surface area contributed by atoms with Crippen molar-refractivity contribution in [3.05, 3.63) is 29.8 Å². The zero-order valence-corrected chi connectivity index (χ0v) is 13.1. The van der Waals surface area contributed by atoms with Crippen LogP contribution < -0.4 is 16.5 Å². The van der Waals surface area contributed by atoms with Crippen LogP contribution in [0, 0.1) is 0 Å². The minimum Gasteiger partial charge on any atom is -0.508 e. The van der Waals surface area contributed by atoms with Gasteiger partial charge < -0.3 is 16.2 Å². The molecule has 0 unspecified atom stereocenters. The molecule has 6 N–H and O–H groups in total. The Balaban J connectivity index is 1.93. The predicted molar refractivity (Wildman–Crippen MR) is 83.0 cm³/mol. The largest absolute Gasteiger partial charge is 0.508 e. The second-order valence-corrected chi connectivity index (χ2v) is 5.60. The number of phenols is 1. The molecule has 1 aromatic rings. The SMILES string of the molecule is N[C@@H](Cc1ccc(O)cc1)C(=O)N[C@H]1CC(=O)N(CC(=O)NO)C1=O. The summed E-state index contributed by atoms with van der Waals surface area (Å²) in [4.78, 5) is 47.7. The molecule has 1 saturated heterocycles. The number of imide groups is 1. The van der Waals surface area contributed by atoms with Crippen LogP contribution in [-0.4, -0.2) is 57.5 Å². The molecule has 0 aromatic heterocycles. The number of aromatic hydroxyl groups is 1. The van der Waals surface area contributed by atoms with Gasteiger partial charge in [0.05, 0.1) is 12.5 Å². The molecule has 1 fully saturated rings. The van der Waals surface area contributed by atoms with Gasteiger partial charge in [-0.1, -0.05) is 12.1 Å². The van der Waals surface area contributed by atoms with Crippen molar-refractivity contribution in [2.24, 2.45) is 5.73 Å². The Bertz CT molecular complexity index is 690. The third-order valence-corrected chi connectivity index (χ3v) is 3.72. The molecule has 1 aromatic carbocycles. The topological polar surface area (TPSA) is 162 Å². The molecule has 0 spiro atoms. The Labute approximate surface area is 142 Å². The minimum atomic E-state index is -1.10. The van der Waals surface area contributed by atoms with Gasteiger partial charge in [0.1, 0.15) is 18.3 Å². The third-order valence-electron chi connectivity index (χ3n) is 3.72. The van der Waals surface area contributed by atoms with Crippen LogP contribution in [-0.2, 0) is 25.6 Å². The van der Waals surface area contributed by atoms with Crippen molar-refractivity contribution in [2.75, 3.05) is 6.54 Å². The number of hydrogen-bond donors (Lipinski definition) is 5. The first-order chi connectivity index (χ1) is 11.8. The first-order valence-corrected chi connectivity index (χ1v) is 7.43. The summed E-state index contributed by atoms with van der Waals surface area (Å²) in [5.74, 6) is -2.82. The lowest BCUT2D eigenvalue weighted by atomic mass is 10.1. The van der Waals surface area contributed by atoms with Crippen LogP contribution in [0.25, 0.3) is 0 Å². The number of benzene rings is 1. The second-order valence-electron chi connectivity index (χ2n) is 5.60. The van der Waals surface area contributed by atoms with E-state index < -0.39 is 42.3 Å². The van der Waals surface area contributed by atoms with Gasteiger partial charge in [0.2, 0.25) is 11.8 Å². The summed E-state index contributed by atoms with van der Waals surface area (Å²) in [7, 11) is 0. The van der Waals surface area contributed by atoms with Crippen molar-refractivity contribution < 1.29 is 29.5 Å². The quantitative estimate of drug-likeness (QED) is 0.225. The normalized spacial score (nSPS) is 18.2. The first-order valence-electron chi connectivity index (χ1n) is 7.43. The fourth-order valence-corrected chi connectivity index (χ4v) is 2.40. The van der Waals surface area contributed by atoms with E-state index in [1.54, 1.807) is 12.1 Å². The highest BCUT2D eigenvalue weighted by Crippen LogP contribution is 2.14. The number of carbonyl (C=O) groups excluding carboxylic acids is 4. The Morgan fingerprint density at radius 3 is 2.52 bits per heavy atom. The molecule has 25 heavy (non-hydrogen) atoms. The number of nitrogens with two attached hydrogens (primary N) is 1. The Hall–Kier alpha value is -2.98. The molecule has 0 radical (unpaired) electrons. The zero-order chi connectivity index (χ0) is 18.6. The molecule has 10 nitrogen and oxygen atoms in total. The number of rotatable bonds is 6. The lowest BCUT2D eigenvalue weighted by Gasteiger charge is -2.17. The summed E-state index contributed by atoms with van der Waals surface area (Å²) >= 11 is 0. The molecular formula is C15H18N4O6. The van der Waals surface area contributed by atoms with Gasteiger partial charge in [0.15, 0.2) is 0 Å². The standard InChI is InChI=1S/C15H18N4O6/c16-10(5-8-1-3-9(20)4-2-8)14(23)17-11-6-13(22)19(15(11)24)7-12(21)18-25/h1-4,10-11,20,25H,5-7,16H2,(H,17,23)(H,18,21)/t10-,11-/m0/s1. The molecule has 10 heteroatoms. The van der Waals surface area contributed by atoms with E-state index in [-0.39, 0.29) is 18.6 Å². The second kappa shape index (κ2) is 7.73. The van der Waals surface area contributed by atoms with Crippen LogP contribution in [0.15, 0.2) is 24.3 Å². The fourth-order valence-electron chi connectivity index (χ4n) is 2.40. The molecule has 1 aliphatic rings. The molecule has 1 aliphatic heterocycles. The van der Waals surface area contributed by atoms with E-state index >= 15 is 0 Å². The number of nitrogens with one attached hydrogen (secondary N) is 2. The van der Waals surface area contributed by atoms with Crippen LogP contribution in [0.5, 0.6) is 5.75 Å². The molecular weight excluding hydrogens is 332 g/mol. The number of likely N-dealkylation sites (tertiary alicyclic amines) is 1. The number of hydrogen-bond acceptors (Lipinski definition) is 7. The third kappa shape index (κ3) is 4.52. The molecule has 4 amide bonds. The molecule has 0 saturated carbocycles. The molecule has 1 heterocycles. The van der Waals surface area contributed by atoms with E-state index in [0.717, 1.165) is 5.56 Å². The van der Waals surface area contributed by atoms with E-state index in [4.69, 9.17) is 10.9 Å². The summed E-state index contributed by atoms with van der Waals surface area (Å²) < 4.78 is 0. The lowest BCUT2D eigenvalue weighted by molar-refractivity contribution is -0.145. The number of nitrogens with zero attached hydrogens (tertiary/aromatic N) is 1. The number of hydroxylamine groups is 1. The Morgan fingerprint density at radius 2 is 1.92 bits per heavy atom. The van der Waals surface area contributed by atoms with Gasteiger partial charge in [-0.3, -0.25) is 29.3 Å². The van der Waals surface area contributed by atoms with Crippen LogP contribution in [0.1, 0.15) is 12.0 Å². The molecule has 0 bridgehead atoms. The van der Waals surface area contributed by atoms with Gasteiger partial charge in [0.25, 0.3) is 11.8 Å². The maximum absolute atomic E-state index is 12.1. The Kier molecular flexibility index (Phi) is 5.67. The van der Waals surface area contributed by atoms with Crippen molar-refractivity contribution in [2.45, 2.75) is 24.9 Å². The lowest BCUT2D eigenvalue weighted by Crippen LogP contribution is -2.49. The zero-order valence-electron chi connectivity index (χ0n) is 13.1. The van der Waals surface area contributed by atoms with Gasteiger partial charge in [-0.05, 0) is 24.1 Å². The average molecular weight is 350 g/mol. The van der Waals surface area contributed by atoms with E-state index in [1.165, 1.54) is 17.6 Å². The van der Waals surface area contributed by atoms with Crippen molar-refractivity contribution in [1.29, 1.82) is 0 Å². The van der Waals surface area contributed by atoms with E-state index in [1.807, 2.05) is 0 Å². The maximum Gasteiger partial charge on any atom is 0.263 e. The highest BCUT2D eigenvalue weighted by molar-refractivity contribution is 6.08. The van der Waals surface area contributed by atoms with Gasteiger partial charge in [-0.2, -0.15) is 0 Å². The van der Waals surface area contributed by atoms with Crippen LogP contribution in [0.2, 0.25) is 0 Å². The van der Waals surface area contributed by atoms with E-state index in [9.17, 15) is 24.3 Å². The van der Waals surface area contributed by atoms with Crippen molar-refractivity contribution in [1.82, 2.24) is 15.7 Å². The van der Waals surface area contributed by atoms with Crippen molar-refractivity contribution in [3.8, 4) is 5.75 Å². The average Bonchev–Trinajstić information content (AvgIpc) is 2.84. The monoisotopic (exact) mass is 350 g/mol. The number of carbonyl (C=O) groups is 4. The van der Waals surface area contributed by atoms with Gasteiger partial charge >= 0.3 is 0 Å². The van der Waals surface area contributed by atoms with Crippen LogP contribution >= 0.6 is 0 Å². The highest BCUT2D eigenvalue weighted by atomic mass is 16.5. The van der Waals surface area contributed by atoms with Gasteiger partial charge in [-0.25, -0.2) is 5.48 Å². The maximum atomic E-state index is 12.1. The molecule has 2 atom stereocenters.